The second-order valence-corrected chi connectivity index (χ2v) is 9.73. The number of aromatic nitrogens is 1. The molecule has 2 aromatic carbocycles. The highest BCUT2D eigenvalue weighted by Gasteiger charge is 2.28. The Balaban J connectivity index is 2.01. The van der Waals surface area contributed by atoms with Gasteiger partial charge < -0.3 is 23.5 Å². The summed E-state index contributed by atoms with van der Waals surface area (Å²) in [5.41, 5.74) is 1.51. The maximum Gasteiger partial charge on any atom is 0.305 e. The van der Waals surface area contributed by atoms with E-state index in [4.69, 9.17) is 18.9 Å². The molecule has 1 heterocycles. The van der Waals surface area contributed by atoms with Crippen molar-refractivity contribution in [3.05, 3.63) is 42.6 Å². The number of unbranched alkanes of at least 4 members (excludes halogenated alkanes) is 1. The van der Waals surface area contributed by atoms with Crippen molar-refractivity contribution in [2.45, 2.75) is 31.1 Å². The molecule has 0 radical (unpaired) electrons. The minimum absolute atomic E-state index is 0.00514. The summed E-state index contributed by atoms with van der Waals surface area (Å²) in [6.07, 6.45) is 3.11. The number of rotatable bonds is 12. The van der Waals surface area contributed by atoms with Crippen molar-refractivity contribution in [1.29, 1.82) is 0 Å². The fourth-order valence-electron chi connectivity index (χ4n) is 3.90. The number of anilines is 1. The third kappa shape index (κ3) is 5.64. The average molecular weight is 505 g/mol. The molecule has 35 heavy (non-hydrogen) atoms. The van der Waals surface area contributed by atoms with Gasteiger partial charge in [0.15, 0.2) is 11.5 Å². The standard InChI is InChI=1S/C25H32N2O7S/c1-6-34-24(28)9-7-8-13-27(19-10-11-21-18(15-19)12-14-26(21)2)35(29,30)20-16-22(31-3)25(33-5)23(17-20)32-4/h10-12,14-17H,6-9,13H2,1-5H3. The molecule has 0 spiro atoms. The molecule has 0 aliphatic carbocycles. The van der Waals surface area contributed by atoms with Crippen LogP contribution in [0.4, 0.5) is 5.69 Å². The van der Waals surface area contributed by atoms with Crippen molar-refractivity contribution in [2.24, 2.45) is 7.05 Å². The van der Waals surface area contributed by atoms with Crippen LogP contribution in [0.25, 0.3) is 10.9 Å². The van der Waals surface area contributed by atoms with Crippen LogP contribution in [0.1, 0.15) is 26.2 Å². The molecule has 0 amide bonds. The van der Waals surface area contributed by atoms with E-state index in [1.54, 1.807) is 13.0 Å². The topological polar surface area (TPSA) is 96.3 Å². The van der Waals surface area contributed by atoms with Gasteiger partial charge >= 0.3 is 5.97 Å². The van der Waals surface area contributed by atoms with E-state index in [-0.39, 0.29) is 35.3 Å². The highest BCUT2D eigenvalue weighted by molar-refractivity contribution is 7.92. The van der Waals surface area contributed by atoms with Gasteiger partial charge in [-0.2, -0.15) is 0 Å². The van der Waals surface area contributed by atoms with Crippen LogP contribution in [-0.2, 0) is 26.6 Å². The lowest BCUT2D eigenvalue weighted by Crippen LogP contribution is -2.32. The average Bonchev–Trinajstić information content (AvgIpc) is 3.22. The van der Waals surface area contributed by atoms with Gasteiger partial charge in [-0.1, -0.05) is 0 Å². The summed E-state index contributed by atoms with van der Waals surface area (Å²) in [7, 11) is 2.24. The summed E-state index contributed by atoms with van der Waals surface area (Å²) < 4.78 is 52.2. The number of carbonyl (C=O) groups excluding carboxylic acids is 1. The van der Waals surface area contributed by atoms with E-state index in [9.17, 15) is 13.2 Å². The first-order valence-corrected chi connectivity index (χ1v) is 12.7. The number of aryl methyl sites for hydroxylation is 1. The van der Waals surface area contributed by atoms with E-state index in [1.807, 2.05) is 36.0 Å². The molecule has 1 aromatic heterocycles. The van der Waals surface area contributed by atoms with Crippen LogP contribution < -0.4 is 18.5 Å². The zero-order valence-electron chi connectivity index (χ0n) is 20.7. The largest absolute Gasteiger partial charge is 0.493 e. The lowest BCUT2D eigenvalue weighted by atomic mass is 10.2. The Labute approximate surface area is 206 Å². The van der Waals surface area contributed by atoms with Gasteiger partial charge in [0, 0.05) is 49.2 Å². The van der Waals surface area contributed by atoms with Gasteiger partial charge in [0.2, 0.25) is 5.75 Å². The molecule has 0 aliphatic rings. The molecule has 9 nitrogen and oxygen atoms in total. The van der Waals surface area contributed by atoms with E-state index in [2.05, 4.69) is 0 Å². The normalized spacial score (nSPS) is 11.3. The predicted molar refractivity (Wildman–Crippen MR) is 134 cm³/mol. The van der Waals surface area contributed by atoms with E-state index < -0.39 is 10.0 Å². The highest BCUT2D eigenvalue weighted by Crippen LogP contribution is 2.40. The second kappa shape index (κ2) is 11.4. The molecule has 0 saturated heterocycles. The lowest BCUT2D eigenvalue weighted by Gasteiger charge is -2.25. The molecule has 0 unspecified atom stereocenters. The summed E-state index contributed by atoms with van der Waals surface area (Å²) in [5, 5.41) is 0.918. The van der Waals surface area contributed by atoms with E-state index >= 15 is 0 Å². The summed E-state index contributed by atoms with van der Waals surface area (Å²) in [4.78, 5) is 11.7. The first kappa shape index (κ1) is 26.2. The van der Waals surface area contributed by atoms with E-state index in [1.165, 1.54) is 37.8 Å². The number of hydrogen-bond donors (Lipinski definition) is 0. The second-order valence-electron chi connectivity index (χ2n) is 7.87. The van der Waals surface area contributed by atoms with Gasteiger partial charge in [0.1, 0.15) is 0 Å². The molecule has 0 fully saturated rings. The summed E-state index contributed by atoms with van der Waals surface area (Å²) in [6.45, 7) is 2.25. The van der Waals surface area contributed by atoms with E-state index in [0.29, 0.717) is 30.9 Å². The van der Waals surface area contributed by atoms with Crippen LogP contribution >= 0.6 is 0 Å². The zero-order valence-corrected chi connectivity index (χ0v) is 21.6. The minimum Gasteiger partial charge on any atom is -0.493 e. The summed E-state index contributed by atoms with van der Waals surface area (Å²) >= 11 is 0. The fraction of sp³-hybridized carbons (Fsp3) is 0.400. The summed E-state index contributed by atoms with van der Waals surface area (Å²) in [5.74, 6) is 0.496. The van der Waals surface area contributed by atoms with Crippen LogP contribution in [0.3, 0.4) is 0 Å². The van der Waals surface area contributed by atoms with Gasteiger partial charge in [-0.3, -0.25) is 9.10 Å². The van der Waals surface area contributed by atoms with Gasteiger partial charge in [0.25, 0.3) is 10.0 Å². The highest BCUT2D eigenvalue weighted by atomic mass is 32.2. The number of benzene rings is 2. The number of sulfonamides is 1. The molecule has 0 aliphatic heterocycles. The Hall–Kier alpha value is -3.40. The smallest absolute Gasteiger partial charge is 0.305 e. The van der Waals surface area contributed by atoms with Crippen LogP contribution in [0.2, 0.25) is 0 Å². The quantitative estimate of drug-likeness (QED) is 0.270. The first-order chi connectivity index (χ1) is 16.8. The Morgan fingerprint density at radius 1 is 0.971 bits per heavy atom. The number of hydrogen-bond acceptors (Lipinski definition) is 7. The van der Waals surface area contributed by atoms with Crippen LogP contribution in [-0.4, -0.2) is 53.4 Å². The molecule has 190 valence electrons. The zero-order chi connectivity index (χ0) is 25.6. The Bertz CT molecular complexity index is 1260. The third-order valence-corrected chi connectivity index (χ3v) is 7.49. The fourth-order valence-corrected chi connectivity index (χ4v) is 5.43. The number of carbonyl (C=O) groups is 1. The number of methoxy groups -OCH3 is 3. The Morgan fingerprint density at radius 2 is 1.66 bits per heavy atom. The summed E-state index contributed by atoms with van der Waals surface area (Å²) in [6, 6.07) is 10.3. The number of esters is 1. The van der Waals surface area contributed by atoms with Crippen molar-refractivity contribution in [2.75, 3.05) is 38.8 Å². The molecular formula is C25H32N2O7S. The Morgan fingerprint density at radius 3 is 2.26 bits per heavy atom. The molecular weight excluding hydrogens is 472 g/mol. The van der Waals surface area contributed by atoms with Gasteiger partial charge in [-0.25, -0.2) is 8.42 Å². The molecule has 0 atom stereocenters. The number of nitrogens with zero attached hydrogens (tertiary/aromatic N) is 2. The van der Waals surface area contributed by atoms with Crippen LogP contribution in [0.5, 0.6) is 17.2 Å². The molecule has 0 bridgehead atoms. The molecule has 10 heteroatoms. The SMILES string of the molecule is CCOC(=O)CCCCN(c1ccc2c(ccn2C)c1)S(=O)(=O)c1cc(OC)c(OC)c(OC)c1. The van der Waals surface area contributed by atoms with Gasteiger partial charge in [-0.15, -0.1) is 0 Å². The van der Waals surface area contributed by atoms with Gasteiger partial charge in [-0.05, 0) is 44.0 Å². The molecule has 0 N–H and O–H groups in total. The van der Waals surface area contributed by atoms with Gasteiger partial charge in [0.05, 0.1) is 38.5 Å². The maximum absolute atomic E-state index is 13.9. The van der Waals surface area contributed by atoms with Crippen molar-refractivity contribution in [3.63, 3.8) is 0 Å². The number of ether oxygens (including phenoxy) is 4. The minimum atomic E-state index is -4.02. The molecule has 3 rings (SSSR count). The third-order valence-electron chi connectivity index (χ3n) is 5.68. The molecule has 3 aromatic rings. The van der Waals surface area contributed by atoms with Crippen molar-refractivity contribution in [3.8, 4) is 17.2 Å². The van der Waals surface area contributed by atoms with Crippen molar-refractivity contribution >= 4 is 32.6 Å². The molecule has 0 saturated carbocycles. The predicted octanol–water partition coefficient (Wildman–Crippen LogP) is 4.13. The monoisotopic (exact) mass is 504 g/mol. The van der Waals surface area contributed by atoms with Crippen LogP contribution in [0, 0.1) is 0 Å². The first-order valence-electron chi connectivity index (χ1n) is 11.3. The number of fused-ring (bicyclic) bond motifs is 1. The Kier molecular flexibility index (Phi) is 8.50. The maximum atomic E-state index is 13.9. The van der Waals surface area contributed by atoms with Crippen molar-refractivity contribution < 1.29 is 32.2 Å². The lowest BCUT2D eigenvalue weighted by molar-refractivity contribution is -0.143. The van der Waals surface area contributed by atoms with E-state index in [0.717, 1.165) is 10.9 Å². The van der Waals surface area contributed by atoms with Crippen LogP contribution in [0.15, 0.2) is 47.5 Å². The van der Waals surface area contributed by atoms with Crippen molar-refractivity contribution in [1.82, 2.24) is 4.57 Å².